The van der Waals surface area contributed by atoms with Crippen molar-refractivity contribution in [1.29, 1.82) is 0 Å². The van der Waals surface area contributed by atoms with E-state index in [2.05, 4.69) is 21.2 Å². The van der Waals surface area contributed by atoms with Crippen molar-refractivity contribution in [1.82, 2.24) is 5.32 Å². The highest BCUT2D eigenvalue weighted by Gasteiger charge is 2.18. The number of nitrogens with one attached hydrogen (secondary N) is 1. The summed E-state index contributed by atoms with van der Waals surface area (Å²) in [7, 11) is 0. The lowest BCUT2D eigenvalue weighted by atomic mass is 10.1. The topological polar surface area (TPSA) is 115 Å². The first kappa shape index (κ1) is 14.1. The molecule has 2 amide bonds. The summed E-state index contributed by atoms with van der Waals surface area (Å²) >= 11 is 3.11. The molecule has 0 spiro atoms. The Hall–Kier alpha value is -1.96. The first-order valence-electron chi connectivity index (χ1n) is 4.87. The molecule has 1 aromatic rings. The number of nitro benzene ring substituents is 1. The molecule has 1 rings (SSSR count). The summed E-state index contributed by atoms with van der Waals surface area (Å²) in [5.74, 6) is -1.30. The number of non-ortho nitro benzene ring substituents is 1. The van der Waals surface area contributed by atoms with Gasteiger partial charge in [-0.15, -0.1) is 0 Å². The number of carbonyl (C=O) groups is 2. The fraction of sp³-hybridized carbons (Fsp3) is 0.200. The fourth-order valence-electron chi connectivity index (χ4n) is 1.15. The van der Waals surface area contributed by atoms with E-state index >= 15 is 0 Å². The van der Waals surface area contributed by atoms with Crippen LogP contribution in [0, 0.1) is 10.1 Å². The molecule has 1 atom stereocenters. The molecule has 0 saturated heterocycles. The zero-order valence-electron chi connectivity index (χ0n) is 9.34. The van der Waals surface area contributed by atoms with Crippen LogP contribution in [0.4, 0.5) is 5.69 Å². The van der Waals surface area contributed by atoms with Crippen LogP contribution in [0.3, 0.4) is 0 Å². The van der Waals surface area contributed by atoms with Crippen molar-refractivity contribution in [2.24, 2.45) is 5.73 Å². The van der Waals surface area contributed by atoms with Gasteiger partial charge < -0.3 is 11.1 Å². The zero-order valence-corrected chi connectivity index (χ0v) is 10.9. The Kier molecular flexibility index (Phi) is 4.38. The van der Waals surface area contributed by atoms with Crippen LogP contribution in [-0.2, 0) is 4.79 Å². The molecule has 1 aromatic carbocycles. The summed E-state index contributed by atoms with van der Waals surface area (Å²) in [6.45, 7) is 1.42. The minimum absolute atomic E-state index is 0.0669. The van der Waals surface area contributed by atoms with E-state index in [-0.39, 0.29) is 11.3 Å². The van der Waals surface area contributed by atoms with Gasteiger partial charge in [0.25, 0.3) is 11.6 Å². The molecule has 8 heteroatoms. The quantitative estimate of drug-likeness (QED) is 0.636. The van der Waals surface area contributed by atoms with E-state index in [1.54, 1.807) is 0 Å². The lowest BCUT2D eigenvalue weighted by Gasteiger charge is -2.10. The van der Waals surface area contributed by atoms with Crippen LogP contribution in [0.1, 0.15) is 17.3 Å². The van der Waals surface area contributed by atoms with Crippen LogP contribution in [0.15, 0.2) is 22.7 Å². The number of benzene rings is 1. The van der Waals surface area contributed by atoms with Crippen LogP contribution in [0.2, 0.25) is 0 Å². The molecule has 96 valence electrons. The predicted octanol–water partition coefficient (Wildman–Crippen LogP) is 0.961. The van der Waals surface area contributed by atoms with Gasteiger partial charge in [-0.2, -0.15) is 0 Å². The molecule has 0 heterocycles. The zero-order chi connectivity index (χ0) is 13.9. The molecule has 0 aliphatic heterocycles. The maximum atomic E-state index is 11.8. The number of nitrogens with two attached hydrogens (primary N) is 1. The molecule has 7 nitrogen and oxygen atoms in total. The number of primary amides is 1. The van der Waals surface area contributed by atoms with Gasteiger partial charge in [0.2, 0.25) is 5.91 Å². The third-order valence-corrected chi connectivity index (χ3v) is 2.87. The molecule has 1 unspecified atom stereocenters. The Bertz CT molecular complexity index is 518. The number of carbonyl (C=O) groups excluding carboxylic acids is 2. The van der Waals surface area contributed by atoms with Crippen molar-refractivity contribution in [2.75, 3.05) is 0 Å². The molecule has 18 heavy (non-hydrogen) atoms. The molecule has 0 bridgehead atoms. The van der Waals surface area contributed by atoms with E-state index in [9.17, 15) is 19.7 Å². The average Bonchev–Trinajstić information content (AvgIpc) is 2.28. The predicted molar refractivity (Wildman–Crippen MR) is 66.9 cm³/mol. The van der Waals surface area contributed by atoms with Crippen LogP contribution in [-0.4, -0.2) is 22.8 Å². The summed E-state index contributed by atoms with van der Waals surface area (Å²) < 4.78 is 0.391. The van der Waals surface area contributed by atoms with Crippen molar-refractivity contribution < 1.29 is 14.5 Å². The second-order valence-corrected chi connectivity index (χ2v) is 4.37. The van der Waals surface area contributed by atoms with E-state index in [0.717, 1.165) is 6.07 Å². The summed E-state index contributed by atoms with van der Waals surface area (Å²) in [6.07, 6.45) is 0. The van der Waals surface area contributed by atoms with Crippen LogP contribution >= 0.6 is 15.9 Å². The van der Waals surface area contributed by atoms with Crippen molar-refractivity contribution >= 4 is 33.4 Å². The first-order valence-corrected chi connectivity index (χ1v) is 5.66. The molecular weight excluding hydrogens is 306 g/mol. The smallest absolute Gasteiger partial charge is 0.270 e. The Morgan fingerprint density at radius 3 is 2.61 bits per heavy atom. The van der Waals surface area contributed by atoms with E-state index in [0.29, 0.717) is 4.47 Å². The lowest BCUT2D eigenvalue weighted by molar-refractivity contribution is -0.384. The third-order valence-electron chi connectivity index (χ3n) is 2.18. The number of rotatable bonds is 4. The van der Waals surface area contributed by atoms with E-state index < -0.39 is 22.8 Å². The molecule has 0 fully saturated rings. The highest BCUT2D eigenvalue weighted by Crippen LogP contribution is 2.22. The average molecular weight is 316 g/mol. The van der Waals surface area contributed by atoms with Gasteiger partial charge in [-0.3, -0.25) is 19.7 Å². The van der Waals surface area contributed by atoms with Crippen molar-refractivity contribution in [3.05, 3.63) is 38.3 Å². The van der Waals surface area contributed by atoms with Gasteiger partial charge in [-0.05, 0) is 28.9 Å². The van der Waals surface area contributed by atoms with E-state index in [1.807, 2.05) is 0 Å². The Balaban J connectivity index is 3.01. The van der Waals surface area contributed by atoms with Gasteiger partial charge in [0.05, 0.1) is 10.5 Å². The minimum Gasteiger partial charge on any atom is -0.368 e. The number of amides is 2. The molecule has 0 aromatic heterocycles. The number of hydrogen-bond donors (Lipinski definition) is 2. The second-order valence-electron chi connectivity index (χ2n) is 3.52. The molecule has 0 aliphatic rings. The van der Waals surface area contributed by atoms with Crippen molar-refractivity contribution in [3.8, 4) is 0 Å². The van der Waals surface area contributed by atoms with Gasteiger partial charge in [0.15, 0.2) is 0 Å². The Labute approximate surface area is 111 Å². The minimum atomic E-state index is -0.858. The largest absolute Gasteiger partial charge is 0.368 e. The van der Waals surface area contributed by atoms with Crippen molar-refractivity contribution in [2.45, 2.75) is 13.0 Å². The number of halogens is 1. The van der Waals surface area contributed by atoms with Crippen LogP contribution in [0.5, 0.6) is 0 Å². The second kappa shape index (κ2) is 5.58. The van der Waals surface area contributed by atoms with Crippen molar-refractivity contribution in [3.63, 3.8) is 0 Å². The highest BCUT2D eigenvalue weighted by atomic mass is 79.9. The molecule has 3 N–H and O–H groups in total. The van der Waals surface area contributed by atoms with E-state index in [4.69, 9.17) is 5.73 Å². The third kappa shape index (κ3) is 3.27. The van der Waals surface area contributed by atoms with Gasteiger partial charge in [0, 0.05) is 16.6 Å². The normalized spacial score (nSPS) is 11.7. The van der Waals surface area contributed by atoms with Crippen LogP contribution < -0.4 is 11.1 Å². The van der Waals surface area contributed by atoms with Gasteiger partial charge in [-0.25, -0.2) is 0 Å². The summed E-state index contributed by atoms with van der Waals surface area (Å²) in [5.41, 5.74) is 4.86. The SMILES string of the molecule is CC(NC(=O)c1cc([N+](=O)[O-])ccc1Br)C(N)=O. The Morgan fingerprint density at radius 1 is 1.50 bits per heavy atom. The summed E-state index contributed by atoms with van der Waals surface area (Å²) in [6, 6.07) is 2.91. The maximum absolute atomic E-state index is 11.8. The summed E-state index contributed by atoms with van der Waals surface area (Å²) in [4.78, 5) is 32.6. The number of hydrogen-bond acceptors (Lipinski definition) is 4. The molecule has 0 radical (unpaired) electrons. The monoisotopic (exact) mass is 315 g/mol. The lowest BCUT2D eigenvalue weighted by Crippen LogP contribution is -2.42. The van der Waals surface area contributed by atoms with Crippen LogP contribution in [0.25, 0.3) is 0 Å². The number of nitrogens with zero attached hydrogens (tertiary/aromatic N) is 1. The van der Waals surface area contributed by atoms with E-state index in [1.165, 1.54) is 19.1 Å². The molecular formula is C10H10BrN3O4. The first-order chi connectivity index (χ1) is 8.32. The highest BCUT2D eigenvalue weighted by molar-refractivity contribution is 9.10. The Morgan fingerprint density at radius 2 is 2.11 bits per heavy atom. The molecule has 0 saturated carbocycles. The maximum Gasteiger partial charge on any atom is 0.270 e. The van der Waals surface area contributed by atoms with Gasteiger partial charge >= 0.3 is 0 Å². The van der Waals surface area contributed by atoms with Gasteiger partial charge in [0.1, 0.15) is 6.04 Å². The number of nitro groups is 1. The fourth-order valence-corrected chi connectivity index (χ4v) is 1.57. The van der Waals surface area contributed by atoms with Gasteiger partial charge in [-0.1, -0.05) is 0 Å². The standard InChI is InChI=1S/C10H10BrN3O4/c1-5(9(12)15)13-10(16)7-4-6(14(17)18)2-3-8(7)11/h2-5H,1H3,(H2,12,15)(H,13,16). The summed E-state index contributed by atoms with van der Waals surface area (Å²) in [5, 5.41) is 12.9. The molecule has 0 aliphatic carbocycles.